The Labute approximate surface area is 642 Å². The molecular formula is C87H142O17P2. The number of carbonyl (C=O) groups excluding carboxylic acids is 4. The van der Waals surface area contributed by atoms with E-state index >= 15 is 0 Å². The topological polar surface area (TPSA) is 237 Å². The standard InChI is InChI=1S/C87H142O17P2/c1-5-9-13-17-21-25-29-33-36-38-40-42-45-49-52-56-60-64-68-72-85(90)98-78-83(104-87(92)74-70-66-62-58-54-50-46-43-41-39-37-34-30-26-22-18-14-10-6-2)80-102-106(95,96)100-76-81(88)75-99-105(93,94)101-79-82(103-86(91)73-69-65-61-57-53-47-32-28-24-20-16-12-8-4)77-97-84(89)71-67-63-59-55-51-48-44-35-31-27-23-19-15-11-7-3/h9-10,13-14,16,20-22,25-26,28,32-37,40-44,49-50,52,54,60,64,81-83,88H,5-8,11-12,15,17-19,23-24,27,29-31,38-39,45-48,51,53,55-59,61-63,65-80H2,1-4H3,(H,93,94)(H,95,96)/b13-9-,14-10-,20-16-,25-21-,26-22-,32-28-,36-33-,37-34-,42-40-,43-41-,44-35-,52-49-,54-50-,64-60-. The monoisotopic (exact) mass is 1520 g/mol. The molecule has 0 aromatic carbocycles. The molecule has 0 bridgehead atoms. The summed E-state index contributed by atoms with van der Waals surface area (Å²) in [7, 11) is -10.0. The predicted molar refractivity (Wildman–Crippen MR) is 436 cm³/mol. The Morgan fingerprint density at radius 2 is 0.528 bits per heavy atom. The van der Waals surface area contributed by atoms with E-state index in [0.29, 0.717) is 32.1 Å². The smallest absolute Gasteiger partial charge is 0.462 e. The van der Waals surface area contributed by atoms with Crippen LogP contribution in [0.5, 0.6) is 0 Å². The third-order valence-corrected chi connectivity index (χ3v) is 18.0. The van der Waals surface area contributed by atoms with Gasteiger partial charge in [-0.3, -0.25) is 37.3 Å². The van der Waals surface area contributed by atoms with Crippen molar-refractivity contribution in [3.8, 4) is 0 Å². The van der Waals surface area contributed by atoms with Gasteiger partial charge in [0, 0.05) is 25.7 Å². The van der Waals surface area contributed by atoms with Crippen LogP contribution in [0.15, 0.2) is 170 Å². The van der Waals surface area contributed by atoms with E-state index in [1.807, 2.05) is 18.2 Å². The number of phosphoric acid groups is 2. The Bertz CT molecular complexity index is 2680. The zero-order chi connectivity index (χ0) is 77.4. The van der Waals surface area contributed by atoms with Crippen molar-refractivity contribution >= 4 is 39.5 Å². The lowest BCUT2D eigenvalue weighted by atomic mass is 10.1. The number of carbonyl (C=O) groups is 4. The van der Waals surface area contributed by atoms with Gasteiger partial charge in [0.25, 0.3) is 0 Å². The average molecular weight is 1520 g/mol. The molecule has 602 valence electrons. The highest BCUT2D eigenvalue weighted by Gasteiger charge is 2.30. The van der Waals surface area contributed by atoms with Crippen molar-refractivity contribution in [2.24, 2.45) is 0 Å². The molecule has 17 nitrogen and oxygen atoms in total. The summed E-state index contributed by atoms with van der Waals surface area (Å²) in [5, 5.41) is 10.6. The minimum Gasteiger partial charge on any atom is -0.462 e. The molecular weight excluding hydrogens is 1380 g/mol. The van der Waals surface area contributed by atoms with Crippen molar-refractivity contribution in [1.29, 1.82) is 0 Å². The summed E-state index contributed by atoms with van der Waals surface area (Å²) >= 11 is 0. The molecule has 0 spiro atoms. The molecule has 0 aliphatic rings. The number of hydrogen-bond acceptors (Lipinski definition) is 15. The van der Waals surface area contributed by atoms with Crippen LogP contribution in [-0.4, -0.2) is 96.7 Å². The van der Waals surface area contributed by atoms with E-state index in [4.69, 9.17) is 37.0 Å². The molecule has 0 aliphatic heterocycles. The van der Waals surface area contributed by atoms with Crippen molar-refractivity contribution in [3.05, 3.63) is 170 Å². The van der Waals surface area contributed by atoms with Gasteiger partial charge in [-0.2, -0.15) is 0 Å². The van der Waals surface area contributed by atoms with Gasteiger partial charge in [0.1, 0.15) is 19.3 Å². The molecule has 19 heteroatoms. The number of hydrogen-bond donors (Lipinski definition) is 3. The van der Waals surface area contributed by atoms with Gasteiger partial charge in [-0.25, -0.2) is 9.13 Å². The van der Waals surface area contributed by atoms with Crippen molar-refractivity contribution in [2.45, 2.75) is 316 Å². The maximum Gasteiger partial charge on any atom is 0.472 e. The molecule has 3 N–H and O–H groups in total. The fraction of sp³-hybridized carbons (Fsp3) is 0.632. The maximum absolute atomic E-state index is 13.1. The first-order valence-electron chi connectivity index (χ1n) is 40.4. The minimum absolute atomic E-state index is 0.0218. The van der Waals surface area contributed by atoms with Crippen LogP contribution in [0.1, 0.15) is 297 Å². The quantitative estimate of drug-likeness (QED) is 0.0169. The molecule has 0 aromatic rings. The normalized spacial score (nSPS) is 14.7. The van der Waals surface area contributed by atoms with Crippen molar-refractivity contribution in [1.82, 2.24) is 0 Å². The van der Waals surface area contributed by atoms with Crippen LogP contribution in [0.3, 0.4) is 0 Å². The lowest BCUT2D eigenvalue weighted by Gasteiger charge is -2.21. The molecule has 0 amide bonds. The lowest BCUT2D eigenvalue weighted by Crippen LogP contribution is -2.30. The van der Waals surface area contributed by atoms with E-state index in [9.17, 15) is 43.2 Å². The Hall–Kier alpha value is -5.58. The molecule has 5 atom stereocenters. The number of ether oxygens (including phenoxy) is 4. The molecule has 0 heterocycles. The van der Waals surface area contributed by atoms with E-state index in [-0.39, 0.29) is 25.7 Å². The van der Waals surface area contributed by atoms with Gasteiger partial charge in [0.05, 0.1) is 26.4 Å². The largest absolute Gasteiger partial charge is 0.472 e. The molecule has 0 rings (SSSR count). The molecule has 0 saturated heterocycles. The fourth-order valence-corrected chi connectivity index (χ4v) is 11.6. The van der Waals surface area contributed by atoms with Gasteiger partial charge in [0.15, 0.2) is 12.2 Å². The van der Waals surface area contributed by atoms with Crippen LogP contribution in [0, 0.1) is 0 Å². The van der Waals surface area contributed by atoms with E-state index in [2.05, 4.69) is 180 Å². The lowest BCUT2D eigenvalue weighted by molar-refractivity contribution is -0.161. The summed E-state index contributed by atoms with van der Waals surface area (Å²) in [4.78, 5) is 73.0. The maximum atomic E-state index is 13.1. The first-order chi connectivity index (χ1) is 51.7. The van der Waals surface area contributed by atoms with Gasteiger partial charge < -0.3 is 33.8 Å². The summed E-state index contributed by atoms with van der Waals surface area (Å²) in [5.74, 6) is -2.35. The summed E-state index contributed by atoms with van der Waals surface area (Å²) < 4.78 is 68.5. The van der Waals surface area contributed by atoms with Crippen LogP contribution < -0.4 is 0 Å². The van der Waals surface area contributed by atoms with Crippen LogP contribution in [0.4, 0.5) is 0 Å². The highest BCUT2D eigenvalue weighted by molar-refractivity contribution is 7.47. The number of aliphatic hydroxyl groups is 1. The van der Waals surface area contributed by atoms with Crippen molar-refractivity contribution < 1.29 is 80.2 Å². The molecule has 0 radical (unpaired) electrons. The predicted octanol–water partition coefficient (Wildman–Crippen LogP) is 23.8. The van der Waals surface area contributed by atoms with Crippen LogP contribution >= 0.6 is 15.6 Å². The Balaban J connectivity index is 5.49. The van der Waals surface area contributed by atoms with E-state index in [0.717, 1.165) is 173 Å². The Morgan fingerprint density at radius 3 is 0.868 bits per heavy atom. The molecule has 106 heavy (non-hydrogen) atoms. The van der Waals surface area contributed by atoms with Crippen LogP contribution in [-0.2, 0) is 65.4 Å². The number of rotatable bonds is 74. The molecule has 0 saturated carbocycles. The molecule has 0 fully saturated rings. The first-order valence-corrected chi connectivity index (χ1v) is 43.4. The van der Waals surface area contributed by atoms with Crippen molar-refractivity contribution in [3.63, 3.8) is 0 Å². The third-order valence-electron chi connectivity index (χ3n) is 16.1. The second-order valence-electron chi connectivity index (χ2n) is 26.2. The van der Waals surface area contributed by atoms with Gasteiger partial charge in [-0.15, -0.1) is 0 Å². The molecule has 5 unspecified atom stereocenters. The van der Waals surface area contributed by atoms with Crippen LogP contribution in [0.25, 0.3) is 0 Å². The highest BCUT2D eigenvalue weighted by atomic mass is 31.2. The van der Waals surface area contributed by atoms with E-state index < -0.39 is 97.5 Å². The summed E-state index contributed by atoms with van der Waals surface area (Å²) in [6.45, 7) is 4.42. The molecule has 0 aliphatic carbocycles. The highest BCUT2D eigenvalue weighted by Crippen LogP contribution is 2.45. The van der Waals surface area contributed by atoms with Gasteiger partial charge >= 0.3 is 39.5 Å². The van der Waals surface area contributed by atoms with Gasteiger partial charge in [-0.1, -0.05) is 281 Å². The first kappa shape index (κ1) is 100. The molecule has 0 aromatic heterocycles. The average Bonchev–Trinajstić information content (AvgIpc) is 0.903. The zero-order valence-electron chi connectivity index (χ0n) is 65.8. The van der Waals surface area contributed by atoms with E-state index in [1.54, 1.807) is 0 Å². The van der Waals surface area contributed by atoms with Gasteiger partial charge in [0.2, 0.25) is 0 Å². The number of unbranched alkanes of at least 4 members (excludes halogenated alkanes) is 20. The van der Waals surface area contributed by atoms with Crippen molar-refractivity contribution in [2.75, 3.05) is 39.6 Å². The SMILES string of the molecule is CC/C=C\C/C=C\C/C=C\C/C=C\C/C=C\C/C=C\CCC(=O)OCC(COP(=O)(O)OCC(O)COP(=O)(O)OCC(COC(=O)CCCCCCC/C=C\CCCCCCCC)OC(=O)CCCCCCC/C=C\C/C=C\CCC)OC(=O)CCCCC/C=C\C/C=C\C/C=C\C/C=C\C/C=C\CC. The number of phosphoric ester groups is 2. The second kappa shape index (κ2) is 77.6. The third kappa shape index (κ3) is 76.6. The van der Waals surface area contributed by atoms with Gasteiger partial charge in [-0.05, 0) is 161 Å². The number of aliphatic hydroxyl groups excluding tert-OH is 1. The summed E-state index contributed by atoms with van der Waals surface area (Å²) in [5.41, 5.74) is 0. The number of esters is 4. The summed E-state index contributed by atoms with van der Waals surface area (Å²) in [6.07, 6.45) is 92.0. The Kier molecular flexibility index (Phi) is 73.5. The fourth-order valence-electron chi connectivity index (χ4n) is 10.1. The summed E-state index contributed by atoms with van der Waals surface area (Å²) in [6, 6.07) is 0. The zero-order valence-corrected chi connectivity index (χ0v) is 67.6. The second-order valence-corrected chi connectivity index (χ2v) is 29.1. The number of allylic oxidation sites excluding steroid dienone is 28. The van der Waals surface area contributed by atoms with E-state index in [1.165, 1.54) is 38.5 Å². The van der Waals surface area contributed by atoms with Crippen LogP contribution in [0.2, 0.25) is 0 Å². The minimum atomic E-state index is -5.01. The Morgan fingerprint density at radius 1 is 0.274 bits per heavy atom.